The van der Waals surface area contributed by atoms with Crippen LogP contribution in [-0.2, 0) is 4.57 Å². The minimum atomic E-state index is -4.33. The molecule has 2 N–H and O–H groups in total. The molecular formula is C22H23N2O7PS3. The van der Waals surface area contributed by atoms with Crippen LogP contribution in [0.4, 0.5) is 0 Å². The first-order valence-electron chi connectivity index (χ1n) is 9.84. The smallest absolute Gasteiger partial charge is 0.388 e. The summed E-state index contributed by atoms with van der Waals surface area (Å²) in [5.74, 6) is 1.95. The standard InChI is InChI=1S/C19H20NO7PS2.C3H3NS/c1-24-14-6-5-11(9-18(14)30-28(21,22)23)13-10-17(29-20-13)12-7-15(25-2)19(27-4)16(8-12)26-3;1-2-4-5-3-1/h5-10H,1-4H3,(H2,21,22,23);1-3H. The van der Waals surface area contributed by atoms with Crippen LogP contribution in [0.5, 0.6) is 23.0 Å². The van der Waals surface area contributed by atoms with Gasteiger partial charge >= 0.3 is 6.80 Å². The van der Waals surface area contributed by atoms with Gasteiger partial charge in [0.2, 0.25) is 5.75 Å². The van der Waals surface area contributed by atoms with E-state index in [1.165, 1.54) is 30.2 Å². The normalized spacial score (nSPS) is 10.8. The predicted molar refractivity (Wildman–Crippen MR) is 139 cm³/mol. The highest BCUT2D eigenvalue weighted by molar-refractivity contribution is 8.54. The maximum absolute atomic E-state index is 11.4. The summed E-state index contributed by atoms with van der Waals surface area (Å²) in [7, 11) is 6.10. The number of ether oxygens (including phenoxy) is 4. The summed E-state index contributed by atoms with van der Waals surface area (Å²) in [6, 6.07) is 12.6. The van der Waals surface area contributed by atoms with Crippen LogP contribution in [0, 0.1) is 0 Å². The van der Waals surface area contributed by atoms with Gasteiger partial charge in [-0.2, -0.15) is 4.37 Å². The maximum Gasteiger partial charge on any atom is 0.388 e. The van der Waals surface area contributed by atoms with Gasteiger partial charge in [0, 0.05) is 22.7 Å². The molecule has 2 aromatic heterocycles. The molecule has 0 unspecified atom stereocenters. The molecule has 4 aromatic rings. The van der Waals surface area contributed by atoms with Gasteiger partial charge in [-0.05, 0) is 76.9 Å². The molecule has 9 nitrogen and oxygen atoms in total. The van der Waals surface area contributed by atoms with Crippen molar-refractivity contribution in [2.75, 3.05) is 28.4 Å². The quantitative estimate of drug-likeness (QED) is 0.257. The van der Waals surface area contributed by atoms with Gasteiger partial charge in [0.25, 0.3) is 0 Å². The lowest BCUT2D eigenvalue weighted by Gasteiger charge is -2.13. The molecule has 0 fully saturated rings. The van der Waals surface area contributed by atoms with E-state index in [2.05, 4.69) is 8.75 Å². The fourth-order valence-electron chi connectivity index (χ4n) is 2.98. The summed E-state index contributed by atoms with van der Waals surface area (Å²) >= 11 is 3.20. The first kappa shape index (κ1) is 27.0. The molecular weight excluding hydrogens is 531 g/mol. The molecule has 0 aliphatic rings. The first-order chi connectivity index (χ1) is 16.8. The Hall–Kier alpha value is -2.60. The summed E-state index contributed by atoms with van der Waals surface area (Å²) in [6.07, 6.45) is 1.77. The van der Waals surface area contributed by atoms with Crippen LogP contribution in [0.15, 0.2) is 58.9 Å². The Bertz CT molecular complexity index is 1250. The van der Waals surface area contributed by atoms with Gasteiger partial charge in [0.05, 0.1) is 43.9 Å². The Morgan fingerprint density at radius 3 is 2.06 bits per heavy atom. The fourth-order valence-corrected chi connectivity index (χ4v) is 5.95. The Kier molecular flexibility index (Phi) is 9.55. The minimum Gasteiger partial charge on any atom is -0.496 e. The summed E-state index contributed by atoms with van der Waals surface area (Å²) < 4.78 is 41.1. The molecule has 2 aromatic carbocycles. The fraction of sp³-hybridized carbons (Fsp3) is 0.182. The van der Waals surface area contributed by atoms with Crippen LogP contribution >= 0.6 is 41.2 Å². The Morgan fingerprint density at radius 2 is 1.57 bits per heavy atom. The van der Waals surface area contributed by atoms with Gasteiger partial charge in [-0.15, -0.1) is 0 Å². The van der Waals surface area contributed by atoms with Crippen molar-refractivity contribution in [3.05, 3.63) is 54.0 Å². The molecule has 0 atom stereocenters. The van der Waals surface area contributed by atoms with Crippen molar-refractivity contribution in [1.29, 1.82) is 0 Å². The van der Waals surface area contributed by atoms with Crippen molar-refractivity contribution in [1.82, 2.24) is 8.75 Å². The summed E-state index contributed by atoms with van der Waals surface area (Å²) in [5, 5.41) is 1.93. The van der Waals surface area contributed by atoms with Crippen LogP contribution in [0.2, 0.25) is 0 Å². The van der Waals surface area contributed by atoms with Crippen molar-refractivity contribution >= 4 is 41.2 Å². The highest BCUT2D eigenvalue weighted by Crippen LogP contribution is 2.57. The van der Waals surface area contributed by atoms with E-state index >= 15 is 0 Å². The van der Waals surface area contributed by atoms with Crippen LogP contribution in [-0.4, -0.2) is 47.0 Å². The Labute approximate surface area is 214 Å². The van der Waals surface area contributed by atoms with Crippen molar-refractivity contribution in [2.45, 2.75) is 4.90 Å². The topological polar surface area (TPSA) is 120 Å². The molecule has 0 saturated carbocycles. The van der Waals surface area contributed by atoms with E-state index in [0.717, 1.165) is 10.4 Å². The van der Waals surface area contributed by atoms with Gasteiger partial charge in [-0.1, -0.05) is 0 Å². The molecule has 0 amide bonds. The van der Waals surface area contributed by atoms with Crippen molar-refractivity contribution in [3.63, 3.8) is 0 Å². The zero-order chi connectivity index (χ0) is 25.4. The number of rotatable bonds is 8. The highest BCUT2D eigenvalue weighted by atomic mass is 32.7. The second kappa shape index (κ2) is 12.4. The van der Waals surface area contributed by atoms with Gasteiger partial charge in [0.15, 0.2) is 11.5 Å². The van der Waals surface area contributed by atoms with Crippen molar-refractivity contribution < 1.29 is 33.3 Å². The Balaban J connectivity index is 0.000000607. The SMILES string of the molecule is COc1ccc(-c2cc(-c3cc(OC)c(OC)c(OC)c3)sn2)cc1SP(=O)(O)O.c1cnsc1. The highest BCUT2D eigenvalue weighted by Gasteiger charge is 2.20. The molecule has 2 heterocycles. The second-order valence-corrected chi connectivity index (χ2v) is 11.7. The second-order valence-electron chi connectivity index (χ2n) is 6.63. The van der Waals surface area contributed by atoms with Crippen LogP contribution in [0.3, 0.4) is 0 Å². The molecule has 4 rings (SSSR count). The molecule has 186 valence electrons. The molecule has 0 aliphatic carbocycles. The number of hydrogen-bond acceptors (Lipinski definition) is 10. The monoisotopic (exact) mass is 554 g/mol. The molecule has 13 heteroatoms. The Morgan fingerprint density at radius 1 is 0.886 bits per heavy atom. The van der Waals surface area contributed by atoms with E-state index in [-0.39, 0.29) is 0 Å². The average molecular weight is 555 g/mol. The lowest BCUT2D eigenvalue weighted by Crippen LogP contribution is -1.95. The summed E-state index contributed by atoms with van der Waals surface area (Å²) in [5.41, 5.74) is 2.22. The molecule has 0 aliphatic heterocycles. The van der Waals surface area contributed by atoms with E-state index in [9.17, 15) is 14.4 Å². The van der Waals surface area contributed by atoms with E-state index < -0.39 is 6.80 Å². The van der Waals surface area contributed by atoms with Crippen LogP contribution in [0.25, 0.3) is 21.7 Å². The third-order valence-corrected chi connectivity index (χ3v) is 7.90. The number of nitrogens with zero attached hydrogens (tertiary/aromatic N) is 2. The lowest BCUT2D eigenvalue weighted by atomic mass is 10.1. The van der Waals surface area contributed by atoms with E-state index in [1.54, 1.807) is 45.7 Å². The number of benzene rings is 2. The average Bonchev–Trinajstić information content (AvgIpc) is 3.57. The van der Waals surface area contributed by atoms with Gasteiger partial charge in [-0.25, -0.2) is 8.94 Å². The summed E-state index contributed by atoms with van der Waals surface area (Å²) in [6.45, 7) is -4.33. The summed E-state index contributed by atoms with van der Waals surface area (Å²) in [4.78, 5) is 19.8. The zero-order valence-electron chi connectivity index (χ0n) is 19.2. The molecule has 35 heavy (non-hydrogen) atoms. The lowest BCUT2D eigenvalue weighted by molar-refractivity contribution is 0.324. The molecule has 0 spiro atoms. The number of hydrogen-bond donors (Lipinski definition) is 2. The van der Waals surface area contributed by atoms with E-state index in [0.29, 0.717) is 50.5 Å². The first-order valence-corrected chi connectivity index (χ1v) is 14.5. The van der Waals surface area contributed by atoms with Gasteiger partial charge in [-0.3, -0.25) is 0 Å². The molecule has 0 bridgehead atoms. The number of methoxy groups -OCH3 is 4. The van der Waals surface area contributed by atoms with Crippen molar-refractivity contribution in [2.24, 2.45) is 0 Å². The van der Waals surface area contributed by atoms with Crippen molar-refractivity contribution in [3.8, 4) is 44.7 Å². The van der Waals surface area contributed by atoms with E-state index in [1.807, 2.05) is 29.6 Å². The van der Waals surface area contributed by atoms with Gasteiger partial charge < -0.3 is 28.7 Å². The third kappa shape index (κ3) is 7.20. The number of aromatic nitrogens is 2. The largest absolute Gasteiger partial charge is 0.496 e. The molecule has 0 radical (unpaired) electrons. The minimum absolute atomic E-state index is 0.339. The maximum atomic E-state index is 11.4. The van der Waals surface area contributed by atoms with Crippen LogP contribution < -0.4 is 18.9 Å². The van der Waals surface area contributed by atoms with Gasteiger partial charge in [0.1, 0.15) is 5.75 Å². The zero-order valence-corrected chi connectivity index (χ0v) is 22.5. The predicted octanol–water partition coefficient (Wildman–Crippen LogP) is 5.84. The third-order valence-electron chi connectivity index (χ3n) is 4.48. The van der Waals surface area contributed by atoms with Crippen LogP contribution in [0.1, 0.15) is 0 Å². The molecule has 0 saturated heterocycles. The van der Waals surface area contributed by atoms with E-state index in [4.69, 9.17) is 18.9 Å².